The number of rotatable bonds is 5. The molecular formula is C11H20O3. The Morgan fingerprint density at radius 3 is 2.21 bits per heavy atom. The lowest BCUT2D eigenvalue weighted by atomic mass is 9.84. The van der Waals surface area contributed by atoms with Crippen LogP contribution in [0.4, 0.5) is 0 Å². The Morgan fingerprint density at radius 2 is 1.86 bits per heavy atom. The third-order valence-corrected chi connectivity index (χ3v) is 2.10. The average molecular weight is 200 g/mol. The van der Waals surface area contributed by atoms with Crippen molar-refractivity contribution < 1.29 is 14.6 Å². The lowest BCUT2D eigenvalue weighted by Crippen LogP contribution is -2.29. The molecule has 0 rings (SSSR count). The maximum atomic E-state index is 11.4. The van der Waals surface area contributed by atoms with Crippen LogP contribution < -0.4 is 0 Å². The summed E-state index contributed by atoms with van der Waals surface area (Å²) in [5, 5.41) is 9.52. The fourth-order valence-electron chi connectivity index (χ4n) is 0.956. The van der Waals surface area contributed by atoms with Crippen molar-refractivity contribution in [2.24, 2.45) is 5.41 Å². The van der Waals surface area contributed by atoms with Gasteiger partial charge in [-0.3, -0.25) is 4.79 Å². The highest BCUT2D eigenvalue weighted by Gasteiger charge is 2.30. The number of carbonyl (C=O) groups is 1. The molecule has 0 spiro atoms. The van der Waals surface area contributed by atoms with Gasteiger partial charge in [-0.05, 0) is 40.5 Å². The number of hydrogen-bond acceptors (Lipinski definition) is 3. The predicted molar refractivity (Wildman–Crippen MR) is 55.6 cm³/mol. The van der Waals surface area contributed by atoms with Crippen molar-refractivity contribution in [3.05, 3.63) is 12.8 Å². The molecule has 0 fully saturated rings. The van der Waals surface area contributed by atoms with Gasteiger partial charge in [0, 0.05) is 0 Å². The standard InChI is InChI=1S/C11H20O3/c1-6-14-9(12)10(2,3)7-8-11(4,5)13/h6,13H,1,7-8H2,2-5H3. The van der Waals surface area contributed by atoms with Crippen LogP contribution in [0, 0.1) is 5.41 Å². The fourth-order valence-corrected chi connectivity index (χ4v) is 0.956. The predicted octanol–water partition coefficient (Wildman–Crippen LogP) is 2.25. The van der Waals surface area contributed by atoms with E-state index in [1.165, 1.54) is 0 Å². The first-order chi connectivity index (χ1) is 6.19. The summed E-state index contributed by atoms with van der Waals surface area (Å²) in [4.78, 5) is 11.4. The minimum Gasteiger partial charge on any atom is -0.435 e. The molecule has 14 heavy (non-hydrogen) atoms. The van der Waals surface area contributed by atoms with Gasteiger partial charge >= 0.3 is 5.97 Å². The Morgan fingerprint density at radius 1 is 1.36 bits per heavy atom. The molecule has 0 aromatic rings. The van der Waals surface area contributed by atoms with Crippen LogP contribution in [0.1, 0.15) is 40.5 Å². The van der Waals surface area contributed by atoms with Crippen LogP contribution >= 0.6 is 0 Å². The number of ether oxygens (including phenoxy) is 1. The maximum absolute atomic E-state index is 11.4. The number of carbonyl (C=O) groups excluding carboxylic acids is 1. The van der Waals surface area contributed by atoms with Crippen LogP contribution in [-0.2, 0) is 9.53 Å². The molecule has 1 N–H and O–H groups in total. The highest BCUT2D eigenvalue weighted by Crippen LogP contribution is 2.27. The van der Waals surface area contributed by atoms with E-state index in [9.17, 15) is 9.90 Å². The molecule has 0 amide bonds. The molecule has 0 saturated heterocycles. The number of aliphatic hydroxyl groups is 1. The Kier molecular flexibility index (Phi) is 4.33. The molecule has 0 heterocycles. The van der Waals surface area contributed by atoms with E-state index in [2.05, 4.69) is 6.58 Å². The van der Waals surface area contributed by atoms with Crippen LogP contribution in [0.2, 0.25) is 0 Å². The average Bonchev–Trinajstić information content (AvgIpc) is 2.00. The van der Waals surface area contributed by atoms with Gasteiger partial charge in [0.2, 0.25) is 0 Å². The van der Waals surface area contributed by atoms with Gasteiger partial charge in [-0.1, -0.05) is 6.58 Å². The zero-order valence-corrected chi connectivity index (χ0v) is 9.46. The van der Waals surface area contributed by atoms with Gasteiger partial charge in [-0.25, -0.2) is 0 Å². The highest BCUT2D eigenvalue weighted by molar-refractivity contribution is 5.76. The normalized spacial score (nSPS) is 12.4. The molecule has 3 heteroatoms. The summed E-state index contributed by atoms with van der Waals surface area (Å²) in [5.74, 6) is -0.309. The van der Waals surface area contributed by atoms with Gasteiger partial charge in [-0.15, -0.1) is 0 Å². The second-order valence-electron chi connectivity index (χ2n) is 4.77. The minimum atomic E-state index is -0.744. The van der Waals surface area contributed by atoms with E-state index in [1.807, 2.05) is 0 Å². The van der Waals surface area contributed by atoms with Gasteiger partial charge in [0.05, 0.1) is 17.3 Å². The van der Waals surface area contributed by atoms with E-state index < -0.39 is 11.0 Å². The lowest BCUT2D eigenvalue weighted by Gasteiger charge is -2.25. The summed E-state index contributed by atoms with van der Waals surface area (Å²) in [5.41, 5.74) is -1.32. The number of hydrogen-bond donors (Lipinski definition) is 1. The first kappa shape index (κ1) is 13.2. The molecule has 0 radical (unpaired) electrons. The van der Waals surface area contributed by atoms with Crippen LogP contribution in [-0.4, -0.2) is 16.7 Å². The summed E-state index contributed by atoms with van der Waals surface area (Å²) in [6.07, 6.45) is 2.28. The quantitative estimate of drug-likeness (QED) is 0.547. The Bertz CT molecular complexity index is 211. The first-order valence-electron chi connectivity index (χ1n) is 4.73. The largest absolute Gasteiger partial charge is 0.435 e. The molecular weight excluding hydrogens is 180 g/mol. The van der Waals surface area contributed by atoms with Gasteiger partial charge in [0.25, 0.3) is 0 Å². The molecule has 0 aliphatic heterocycles. The monoisotopic (exact) mass is 200 g/mol. The van der Waals surface area contributed by atoms with Crippen molar-refractivity contribution in [1.29, 1.82) is 0 Å². The summed E-state index contributed by atoms with van der Waals surface area (Å²) >= 11 is 0. The van der Waals surface area contributed by atoms with Crippen molar-refractivity contribution in [2.45, 2.75) is 46.1 Å². The molecule has 0 saturated carbocycles. The second-order valence-corrected chi connectivity index (χ2v) is 4.77. The molecule has 0 aliphatic rings. The molecule has 0 aromatic carbocycles. The van der Waals surface area contributed by atoms with Gasteiger partial charge in [0.1, 0.15) is 0 Å². The van der Waals surface area contributed by atoms with Crippen molar-refractivity contribution >= 4 is 5.97 Å². The summed E-state index contributed by atoms with van der Waals surface area (Å²) in [7, 11) is 0. The highest BCUT2D eigenvalue weighted by atomic mass is 16.5. The molecule has 0 aliphatic carbocycles. The van der Waals surface area contributed by atoms with E-state index in [1.54, 1.807) is 27.7 Å². The Balaban J connectivity index is 4.20. The van der Waals surface area contributed by atoms with Crippen molar-refractivity contribution in [1.82, 2.24) is 0 Å². The van der Waals surface area contributed by atoms with E-state index >= 15 is 0 Å². The number of esters is 1. The van der Waals surface area contributed by atoms with Crippen molar-refractivity contribution in [2.75, 3.05) is 0 Å². The molecule has 0 aromatic heterocycles. The molecule has 3 nitrogen and oxygen atoms in total. The molecule has 0 bridgehead atoms. The van der Waals surface area contributed by atoms with Crippen LogP contribution in [0.3, 0.4) is 0 Å². The van der Waals surface area contributed by atoms with Crippen LogP contribution in [0.25, 0.3) is 0 Å². The fraction of sp³-hybridized carbons (Fsp3) is 0.727. The Hall–Kier alpha value is -0.830. The summed E-state index contributed by atoms with van der Waals surface area (Å²) in [6.45, 7) is 10.4. The van der Waals surface area contributed by atoms with Gasteiger partial charge in [0.15, 0.2) is 0 Å². The second kappa shape index (κ2) is 4.60. The lowest BCUT2D eigenvalue weighted by molar-refractivity contribution is -0.148. The van der Waals surface area contributed by atoms with E-state index in [0.717, 1.165) is 6.26 Å². The van der Waals surface area contributed by atoms with Gasteiger partial charge in [-0.2, -0.15) is 0 Å². The maximum Gasteiger partial charge on any atom is 0.316 e. The third-order valence-electron chi connectivity index (χ3n) is 2.10. The third kappa shape index (κ3) is 5.02. The van der Waals surface area contributed by atoms with Crippen LogP contribution in [0.15, 0.2) is 12.8 Å². The molecule has 0 unspecified atom stereocenters. The zero-order valence-electron chi connectivity index (χ0n) is 9.46. The SMILES string of the molecule is C=COC(=O)C(C)(C)CCC(C)(C)O. The minimum absolute atomic E-state index is 0.309. The van der Waals surface area contributed by atoms with Gasteiger partial charge < -0.3 is 9.84 Å². The Labute approximate surface area is 85.8 Å². The molecule has 0 atom stereocenters. The van der Waals surface area contributed by atoms with Crippen molar-refractivity contribution in [3.8, 4) is 0 Å². The topological polar surface area (TPSA) is 46.5 Å². The van der Waals surface area contributed by atoms with E-state index in [4.69, 9.17) is 4.74 Å². The first-order valence-corrected chi connectivity index (χ1v) is 4.73. The van der Waals surface area contributed by atoms with Crippen LogP contribution in [0.5, 0.6) is 0 Å². The summed E-state index contributed by atoms with van der Waals surface area (Å²) in [6, 6.07) is 0. The van der Waals surface area contributed by atoms with E-state index in [0.29, 0.717) is 12.8 Å². The molecule has 82 valence electrons. The summed E-state index contributed by atoms with van der Waals surface area (Å²) < 4.78 is 4.72. The van der Waals surface area contributed by atoms with E-state index in [-0.39, 0.29) is 5.97 Å². The smallest absolute Gasteiger partial charge is 0.316 e. The van der Waals surface area contributed by atoms with Crippen molar-refractivity contribution in [3.63, 3.8) is 0 Å². The zero-order chi connectivity index (χ0) is 11.4.